The summed E-state index contributed by atoms with van der Waals surface area (Å²) >= 11 is 5.57. The Kier molecular flexibility index (Phi) is 3.89. The van der Waals surface area contributed by atoms with Crippen LogP contribution in [0.3, 0.4) is 0 Å². The van der Waals surface area contributed by atoms with E-state index in [2.05, 4.69) is 15.2 Å². The summed E-state index contributed by atoms with van der Waals surface area (Å²) in [5, 5.41) is 2.90. The molecule has 3 aliphatic heterocycles. The lowest BCUT2D eigenvalue weighted by atomic mass is 9.94. The summed E-state index contributed by atoms with van der Waals surface area (Å²) in [4.78, 5) is 18.4. The molecule has 2 bridgehead atoms. The van der Waals surface area contributed by atoms with E-state index >= 15 is 0 Å². The maximum absolute atomic E-state index is 13.4. The second-order valence-electron chi connectivity index (χ2n) is 5.63. The van der Waals surface area contributed by atoms with Gasteiger partial charge in [-0.3, -0.25) is 4.79 Å². The van der Waals surface area contributed by atoms with Gasteiger partial charge in [-0.2, -0.15) is 0 Å². The van der Waals surface area contributed by atoms with E-state index in [0.29, 0.717) is 5.92 Å². The molecule has 0 saturated carbocycles. The van der Waals surface area contributed by atoms with Gasteiger partial charge in [0.2, 0.25) is 0 Å². The minimum absolute atomic E-state index is 0.0693. The third-order valence-corrected chi connectivity index (χ3v) is 4.46. The number of rotatable bonds is 2. The number of aromatic nitrogens is 1. The van der Waals surface area contributed by atoms with Crippen molar-refractivity contribution >= 4 is 17.5 Å². The smallest absolute Gasteiger partial charge is 0.270 e. The van der Waals surface area contributed by atoms with Crippen molar-refractivity contribution in [2.75, 3.05) is 19.6 Å². The lowest BCUT2D eigenvalue weighted by Crippen LogP contribution is -2.42. The molecule has 1 amide bonds. The zero-order valence-corrected chi connectivity index (χ0v) is 11.9. The second kappa shape index (κ2) is 5.66. The van der Waals surface area contributed by atoms with Crippen LogP contribution in [-0.2, 0) is 0 Å². The number of hydrogen-bond acceptors (Lipinski definition) is 3. The third-order valence-electron chi connectivity index (χ3n) is 4.18. The molecule has 108 valence electrons. The number of fused-ring (bicyclic) bond motifs is 4. The number of carbonyl (C=O) groups is 1. The van der Waals surface area contributed by atoms with Gasteiger partial charge in [-0.15, -0.1) is 0 Å². The molecule has 0 aliphatic carbocycles. The Morgan fingerprint density at radius 3 is 2.90 bits per heavy atom. The highest BCUT2D eigenvalue weighted by atomic mass is 35.5. The molecular formula is C14H17ClFN3O. The molecule has 3 saturated heterocycles. The van der Waals surface area contributed by atoms with E-state index < -0.39 is 5.82 Å². The van der Waals surface area contributed by atoms with Gasteiger partial charge in [0.25, 0.3) is 5.91 Å². The van der Waals surface area contributed by atoms with Crippen molar-refractivity contribution in [3.8, 4) is 0 Å². The Morgan fingerprint density at radius 1 is 1.45 bits per heavy atom. The van der Waals surface area contributed by atoms with E-state index in [0.717, 1.165) is 32.1 Å². The average molecular weight is 298 g/mol. The van der Waals surface area contributed by atoms with Crippen molar-refractivity contribution in [2.24, 2.45) is 5.92 Å². The molecule has 0 aromatic carbocycles. The summed E-state index contributed by atoms with van der Waals surface area (Å²) in [6.45, 7) is 3.11. The minimum Gasteiger partial charge on any atom is -0.347 e. The predicted molar refractivity (Wildman–Crippen MR) is 74.2 cm³/mol. The molecule has 4 heterocycles. The quantitative estimate of drug-likeness (QED) is 0.909. The summed E-state index contributed by atoms with van der Waals surface area (Å²) < 4.78 is 13.4. The fourth-order valence-electron chi connectivity index (χ4n) is 3.10. The molecule has 4 rings (SSSR count). The van der Waals surface area contributed by atoms with Crippen LogP contribution in [0, 0.1) is 11.7 Å². The highest BCUT2D eigenvalue weighted by Crippen LogP contribution is 2.26. The molecule has 3 fully saturated rings. The van der Waals surface area contributed by atoms with Crippen molar-refractivity contribution in [3.05, 3.63) is 28.8 Å². The molecule has 1 aromatic rings. The fourth-order valence-corrected chi connectivity index (χ4v) is 3.20. The summed E-state index contributed by atoms with van der Waals surface area (Å²) in [6, 6.07) is 1.21. The average Bonchev–Trinajstić information content (AvgIpc) is 2.74. The lowest BCUT2D eigenvalue weighted by Gasteiger charge is -2.26. The summed E-state index contributed by atoms with van der Waals surface area (Å²) in [7, 11) is 0. The maximum atomic E-state index is 13.4. The molecule has 6 heteroatoms. The van der Waals surface area contributed by atoms with Crippen LogP contribution in [0.25, 0.3) is 0 Å². The molecule has 0 radical (unpaired) electrons. The zero-order valence-electron chi connectivity index (χ0n) is 11.1. The molecule has 1 N–H and O–H groups in total. The van der Waals surface area contributed by atoms with Gasteiger partial charge < -0.3 is 10.2 Å². The summed E-state index contributed by atoms with van der Waals surface area (Å²) in [5.74, 6) is -0.251. The van der Waals surface area contributed by atoms with Crippen LogP contribution in [0.4, 0.5) is 4.39 Å². The van der Waals surface area contributed by atoms with Crippen LogP contribution in [-0.4, -0.2) is 41.5 Å². The molecule has 1 atom stereocenters. The summed E-state index contributed by atoms with van der Waals surface area (Å²) in [5.41, 5.74) is 0.0819. The monoisotopic (exact) mass is 297 g/mol. The zero-order chi connectivity index (χ0) is 14.1. The van der Waals surface area contributed by atoms with Crippen molar-refractivity contribution in [2.45, 2.75) is 25.3 Å². The normalized spacial score (nSPS) is 29.0. The molecule has 4 nitrogen and oxygen atoms in total. The third kappa shape index (κ3) is 2.94. The number of amides is 1. The van der Waals surface area contributed by atoms with Gasteiger partial charge in [-0.1, -0.05) is 11.6 Å². The number of hydrogen-bond donors (Lipinski definition) is 1. The van der Waals surface area contributed by atoms with Crippen LogP contribution >= 0.6 is 11.6 Å². The first-order valence-corrected chi connectivity index (χ1v) is 7.34. The number of halogens is 2. The van der Waals surface area contributed by atoms with Crippen LogP contribution in [0.15, 0.2) is 12.3 Å². The Morgan fingerprint density at radius 2 is 2.20 bits per heavy atom. The molecule has 20 heavy (non-hydrogen) atoms. The van der Waals surface area contributed by atoms with Crippen molar-refractivity contribution in [1.29, 1.82) is 0 Å². The lowest BCUT2D eigenvalue weighted by molar-refractivity contribution is 0.0923. The van der Waals surface area contributed by atoms with Gasteiger partial charge >= 0.3 is 0 Å². The highest BCUT2D eigenvalue weighted by Gasteiger charge is 2.30. The van der Waals surface area contributed by atoms with Crippen LogP contribution < -0.4 is 5.32 Å². The number of pyridine rings is 1. The first-order chi connectivity index (χ1) is 9.61. The van der Waals surface area contributed by atoms with Crippen molar-refractivity contribution < 1.29 is 9.18 Å². The number of piperidine rings is 1. The SMILES string of the molecule is O=C(N[C@@H]1CC2CCN(CC2)C1)c1cc(F)c(Cl)cn1. The minimum atomic E-state index is -0.614. The number of carbonyl (C=O) groups excluding carboxylic acids is 1. The fraction of sp³-hybridized carbons (Fsp3) is 0.571. The van der Waals surface area contributed by atoms with E-state index in [1.807, 2.05) is 0 Å². The number of nitrogens with zero attached hydrogens (tertiary/aromatic N) is 2. The topological polar surface area (TPSA) is 45.2 Å². The molecule has 0 unspecified atom stereocenters. The molecule has 3 aliphatic rings. The second-order valence-corrected chi connectivity index (χ2v) is 6.04. The van der Waals surface area contributed by atoms with E-state index in [9.17, 15) is 9.18 Å². The standard InChI is InChI=1S/C14H17ClFN3O/c15-11-7-17-13(6-12(11)16)14(20)18-10-5-9-1-3-19(8-10)4-2-9/h6-7,9-10H,1-5,8H2,(H,18,20)/t10-/m1/s1. The van der Waals surface area contributed by atoms with Gasteiger partial charge in [-0.05, 0) is 38.3 Å². The molecule has 0 spiro atoms. The van der Waals surface area contributed by atoms with E-state index in [4.69, 9.17) is 11.6 Å². The van der Waals surface area contributed by atoms with E-state index in [1.165, 1.54) is 19.0 Å². The molecular weight excluding hydrogens is 281 g/mol. The van der Waals surface area contributed by atoms with E-state index in [-0.39, 0.29) is 22.7 Å². The Labute approximate surface area is 122 Å². The maximum Gasteiger partial charge on any atom is 0.270 e. The Hall–Kier alpha value is -1.20. The van der Waals surface area contributed by atoms with Gasteiger partial charge in [0, 0.05) is 24.8 Å². The first kappa shape index (κ1) is 13.8. The highest BCUT2D eigenvalue weighted by molar-refractivity contribution is 6.30. The van der Waals surface area contributed by atoms with E-state index in [1.54, 1.807) is 0 Å². The predicted octanol–water partition coefficient (Wildman–Crippen LogP) is 2.09. The summed E-state index contributed by atoms with van der Waals surface area (Å²) in [6.07, 6.45) is 4.59. The van der Waals surface area contributed by atoms with Crippen LogP contribution in [0.2, 0.25) is 5.02 Å². The van der Waals surface area contributed by atoms with Crippen molar-refractivity contribution in [1.82, 2.24) is 15.2 Å². The van der Waals surface area contributed by atoms with Gasteiger partial charge in [0.15, 0.2) is 0 Å². The van der Waals surface area contributed by atoms with Gasteiger partial charge in [0.1, 0.15) is 11.5 Å². The largest absolute Gasteiger partial charge is 0.347 e. The van der Waals surface area contributed by atoms with Gasteiger partial charge in [0.05, 0.1) is 5.02 Å². The van der Waals surface area contributed by atoms with Crippen LogP contribution in [0.1, 0.15) is 29.8 Å². The van der Waals surface area contributed by atoms with Gasteiger partial charge in [-0.25, -0.2) is 9.37 Å². The first-order valence-electron chi connectivity index (χ1n) is 6.96. The Balaban J connectivity index is 1.67. The van der Waals surface area contributed by atoms with Crippen LogP contribution in [0.5, 0.6) is 0 Å². The van der Waals surface area contributed by atoms with Crippen molar-refractivity contribution in [3.63, 3.8) is 0 Å². The number of nitrogens with one attached hydrogen (secondary N) is 1. The molecule has 1 aromatic heterocycles. The Bertz CT molecular complexity index is 503.